The van der Waals surface area contributed by atoms with Crippen molar-refractivity contribution in [3.63, 3.8) is 0 Å². The zero-order chi connectivity index (χ0) is 14.9. The van der Waals surface area contributed by atoms with E-state index in [2.05, 4.69) is 33.4 Å². The second kappa shape index (κ2) is 5.82. The van der Waals surface area contributed by atoms with Crippen molar-refractivity contribution in [3.8, 4) is 0 Å². The van der Waals surface area contributed by atoms with Crippen molar-refractivity contribution in [1.29, 1.82) is 0 Å². The average molecular weight is 365 g/mol. The van der Waals surface area contributed by atoms with E-state index in [1.165, 1.54) is 0 Å². The van der Waals surface area contributed by atoms with Crippen LogP contribution in [0.5, 0.6) is 0 Å². The van der Waals surface area contributed by atoms with E-state index in [1.54, 1.807) is 12.1 Å². The molecule has 0 unspecified atom stereocenters. The van der Waals surface area contributed by atoms with Gasteiger partial charge in [-0.05, 0) is 49.1 Å². The molecule has 2 aromatic rings. The van der Waals surface area contributed by atoms with Gasteiger partial charge in [-0.2, -0.15) is 0 Å². The summed E-state index contributed by atoms with van der Waals surface area (Å²) < 4.78 is 1.03. The van der Waals surface area contributed by atoms with Gasteiger partial charge < -0.3 is 5.32 Å². The summed E-state index contributed by atoms with van der Waals surface area (Å²) in [6.45, 7) is 0. The molecule has 1 fully saturated rings. The summed E-state index contributed by atoms with van der Waals surface area (Å²) in [6.07, 6.45) is 3.04. The number of amides is 1. The molecule has 1 aliphatic rings. The third kappa shape index (κ3) is 2.85. The summed E-state index contributed by atoms with van der Waals surface area (Å²) in [4.78, 5) is 12.5. The number of carbonyl (C=O) groups is 1. The van der Waals surface area contributed by atoms with Gasteiger partial charge in [-0.3, -0.25) is 4.79 Å². The highest BCUT2D eigenvalue weighted by molar-refractivity contribution is 9.10. The summed E-state index contributed by atoms with van der Waals surface area (Å²) in [7, 11) is 0. The lowest BCUT2D eigenvalue weighted by Gasteiger charge is -2.43. The Hall–Kier alpha value is -1.32. The lowest BCUT2D eigenvalue weighted by molar-refractivity contribution is 0.0823. The van der Waals surface area contributed by atoms with Gasteiger partial charge in [0.25, 0.3) is 5.91 Å². The van der Waals surface area contributed by atoms with Gasteiger partial charge in [0.2, 0.25) is 0 Å². The fourth-order valence-corrected chi connectivity index (χ4v) is 3.35. The predicted molar refractivity (Wildman–Crippen MR) is 88.6 cm³/mol. The smallest absolute Gasteiger partial charge is 0.253 e. The highest BCUT2D eigenvalue weighted by Crippen LogP contribution is 2.42. The van der Waals surface area contributed by atoms with Crippen LogP contribution >= 0.6 is 27.5 Å². The molecule has 1 saturated carbocycles. The standard InChI is InChI=1S/C17H15BrClNO/c18-13-6-3-5-12(11-13)17(9-4-10-17)20-16(21)14-7-1-2-8-15(14)19/h1-3,5-8,11H,4,9-10H2,(H,20,21). The van der Waals surface area contributed by atoms with E-state index in [4.69, 9.17) is 11.6 Å². The molecule has 2 nitrogen and oxygen atoms in total. The van der Waals surface area contributed by atoms with Crippen LogP contribution in [-0.4, -0.2) is 5.91 Å². The fraction of sp³-hybridized carbons (Fsp3) is 0.235. The maximum atomic E-state index is 12.5. The molecule has 0 radical (unpaired) electrons. The first-order chi connectivity index (χ1) is 10.1. The third-order valence-electron chi connectivity index (χ3n) is 4.06. The molecule has 21 heavy (non-hydrogen) atoms. The molecule has 4 heteroatoms. The molecule has 0 aliphatic heterocycles. The minimum Gasteiger partial charge on any atom is -0.342 e. The number of carbonyl (C=O) groups excluding carboxylic acids is 1. The average Bonchev–Trinajstić information content (AvgIpc) is 2.43. The molecule has 0 saturated heterocycles. The summed E-state index contributed by atoms with van der Waals surface area (Å²) >= 11 is 9.61. The first-order valence-corrected chi connectivity index (χ1v) is 8.11. The van der Waals surface area contributed by atoms with Gasteiger partial charge in [0.1, 0.15) is 0 Å². The van der Waals surface area contributed by atoms with Gasteiger partial charge in [-0.15, -0.1) is 0 Å². The van der Waals surface area contributed by atoms with Crippen molar-refractivity contribution in [2.45, 2.75) is 24.8 Å². The van der Waals surface area contributed by atoms with Crippen LogP contribution in [0.2, 0.25) is 5.02 Å². The van der Waals surface area contributed by atoms with Crippen molar-refractivity contribution in [2.75, 3.05) is 0 Å². The first-order valence-electron chi connectivity index (χ1n) is 6.94. The van der Waals surface area contributed by atoms with Crippen molar-refractivity contribution >= 4 is 33.4 Å². The molecule has 2 aromatic carbocycles. The van der Waals surface area contributed by atoms with Crippen LogP contribution in [0.4, 0.5) is 0 Å². The molecule has 0 atom stereocenters. The van der Waals surface area contributed by atoms with Crippen LogP contribution in [0.15, 0.2) is 53.0 Å². The Kier molecular flexibility index (Phi) is 4.05. The summed E-state index contributed by atoms with van der Waals surface area (Å²) in [6, 6.07) is 15.3. The Morgan fingerprint density at radius 1 is 1.14 bits per heavy atom. The molecule has 0 aromatic heterocycles. The Balaban J connectivity index is 1.88. The normalized spacial score (nSPS) is 16.1. The topological polar surface area (TPSA) is 29.1 Å². The van der Waals surface area contributed by atoms with Gasteiger partial charge >= 0.3 is 0 Å². The maximum Gasteiger partial charge on any atom is 0.253 e. The largest absolute Gasteiger partial charge is 0.342 e. The first kappa shape index (κ1) is 14.6. The van der Waals surface area contributed by atoms with Crippen molar-refractivity contribution in [1.82, 2.24) is 5.32 Å². The molecule has 1 aliphatic carbocycles. The van der Waals surface area contributed by atoms with Crippen LogP contribution in [0.3, 0.4) is 0 Å². The second-order valence-electron chi connectivity index (χ2n) is 5.38. The molecular formula is C17H15BrClNO. The van der Waals surface area contributed by atoms with E-state index < -0.39 is 0 Å². The number of benzene rings is 2. The van der Waals surface area contributed by atoms with Crippen LogP contribution in [0.1, 0.15) is 35.2 Å². The molecule has 1 amide bonds. The number of hydrogen-bond acceptors (Lipinski definition) is 1. The number of rotatable bonds is 3. The molecular weight excluding hydrogens is 350 g/mol. The monoisotopic (exact) mass is 363 g/mol. The summed E-state index contributed by atoms with van der Waals surface area (Å²) in [5, 5.41) is 3.67. The zero-order valence-electron chi connectivity index (χ0n) is 11.4. The van der Waals surface area contributed by atoms with Crippen LogP contribution in [-0.2, 0) is 5.54 Å². The van der Waals surface area contributed by atoms with E-state index in [-0.39, 0.29) is 11.4 Å². The van der Waals surface area contributed by atoms with Crippen LogP contribution in [0, 0.1) is 0 Å². The minimum atomic E-state index is -0.264. The van der Waals surface area contributed by atoms with E-state index in [0.717, 1.165) is 29.3 Å². The molecule has 3 rings (SSSR count). The summed E-state index contributed by atoms with van der Waals surface area (Å²) in [5.41, 5.74) is 1.41. The van der Waals surface area contributed by atoms with Crippen molar-refractivity contribution in [3.05, 3.63) is 69.2 Å². The molecule has 0 heterocycles. The van der Waals surface area contributed by atoms with E-state index in [0.29, 0.717) is 10.6 Å². The highest BCUT2D eigenvalue weighted by Gasteiger charge is 2.40. The molecule has 0 spiro atoms. The SMILES string of the molecule is O=C(NC1(c2cccc(Br)c2)CCC1)c1ccccc1Cl. The van der Waals surface area contributed by atoms with E-state index in [9.17, 15) is 4.79 Å². The van der Waals surface area contributed by atoms with Crippen molar-refractivity contribution in [2.24, 2.45) is 0 Å². The van der Waals surface area contributed by atoms with Crippen molar-refractivity contribution < 1.29 is 4.79 Å². The van der Waals surface area contributed by atoms with E-state index >= 15 is 0 Å². The minimum absolute atomic E-state index is 0.111. The second-order valence-corrected chi connectivity index (χ2v) is 6.70. The third-order valence-corrected chi connectivity index (χ3v) is 4.88. The Labute approximate surface area is 137 Å². The number of nitrogens with one attached hydrogen (secondary N) is 1. The molecule has 1 N–H and O–H groups in total. The van der Waals surface area contributed by atoms with Gasteiger partial charge in [-0.1, -0.05) is 51.8 Å². The summed E-state index contributed by atoms with van der Waals surface area (Å²) in [5.74, 6) is -0.111. The van der Waals surface area contributed by atoms with Gasteiger partial charge in [0.05, 0.1) is 16.1 Å². The zero-order valence-corrected chi connectivity index (χ0v) is 13.7. The Morgan fingerprint density at radius 2 is 1.90 bits per heavy atom. The van der Waals surface area contributed by atoms with Gasteiger partial charge in [-0.25, -0.2) is 0 Å². The van der Waals surface area contributed by atoms with Crippen LogP contribution < -0.4 is 5.32 Å². The fourth-order valence-electron chi connectivity index (χ4n) is 2.73. The number of halogens is 2. The highest BCUT2D eigenvalue weighted by atomic mass is 79.9. The predicted octanol–water partition coefficient (Wildman–Crippen LogP) is 4.91. The Bertz CT molecular complexity index is 682. The quantitative estimate of drug-likeness (QED) is 0.823. The molecule has 0 bridgehead atoms. The number of hydrogen-bond donors (Lipinski definition) is 1. The van der Waals surface area contributed by atoms with Gasteiger partial charge in [0, 0.05) is 4.47 Å². The maximum absolute atomic E-state index is 12.5. The van der Waals surface area contributed by atoms with Crippen LogP contribution in [0.25, 0.3) is 0 Å². The Morgan fingerprint density at radius 3 is 2.52 bits per heavy atom. The lowest BCUT2D eigenvalue weighted by atomic mass is 9.71. The lowest BCUT2D eigenvalue weighted by Crippen LogP contribution is -2.50. The van der Waals surface area contributed by atoms with Gasteiger partial charge in [0.15, 0.2) is 0 Å². The molecule has 108 valence electrons. The van der Waals surface area contributed by atoms with E-state index in [1.807, 2.05) is 24.3 Å².